The Morgan fingerprint density at radius 3 is 2.16 bits per heavy atom. The van der Waals surface area contributed by atoms with Crippen molar-refractivity contribution in [2.24, 2.45) is 34.4 Å². The number of Topliss-reactive ketones (excluding diaryl/α,β-unsaturated/α-hetero) is 1. The van der Waals surface area contributed by atoms with Gasteiger partial charge in [0.2, 0.25) is 12.1 Å². The van der Waals surface area contributed by atoms with Gasteiger partial charge in [-0.1, -0.05) is 0 Å². The highest BCUT2D eigenvalue weighted by Crippen LogP contribution is 2.33. The number of carbonyl (C=O) groups excluding carboxylic acids is 2. The zero-order valence-corrected chi connectivity index (χ0v) is 26.5. The van der Waals surface area contributed by atoms with Gasteiger partial charge in [-0.2, -0.15) is 0 Å². The molecule has 4 aliphatic rings. The van der Waals surface area contributed by atoms with E-state index in [1.165, 1.54) is 0 Å². The summed E-state index contributed by atoms with van der Waals surface area (Å²) in [5.41, 5.74) is 35.0. The molecule has 0 aromatic carbocycles. The van der Waals surface area contributed by atoms with Crippen LogP contribution in [0.2, 0.25) is 0 Å². The van der Waals surface area contributed by atoms with Crippen LogP contribution in [-0.4, -0.2) is 185 Å². The van der Waals surface area contributed by atoms with E-state index in [1.54, 1.807) is 0 Å². The van der Waals surface area contributed by atoms with Gasteiger partial charge in [-0.15, -0.1) is 0 Å². The Balaban J connectivity index is 1.57. The van der Waals surface area contributed by atoms with Crippen LogP contribution in [0.25, 0.3) is 0 Å². The first-order valence-corrected chi connectivity index (χ1v) is 16.0. The van der Waals surface area contributed by atoms with Crippen molar-refractivity contribution in [3.63, 3.8) is 0 Å². The second-order valence-corrected chi connectivity index (χ2v) is 12.6. The zero-order valence-electron chi connectivity index (χ0n) is 26.5. The summed E-state index contributed by atoms with van der Waals surface area (Å²) in [7, 11) is 0. The van der Waals surface area contributed by atoms with E-state index in [4.69, 9.17) is 62.8 Å². The number of aliphatic hydroxyl groups is 6. The fraction of sp³-hybridized carbons (Fsp3) is 0.926. The van der Waals surface area contributed by atoms with E-state index in [0.29, 0.717) is 0 Å². The number of alkyl halides is 1. The number of halogens is 1. The summed E-state index contributed by atoms with van der Waals surface area (Å²) < 4.78 is 48.6. The first-order chi connectivity index (χ1) is 23.2. The lowest BCUT2D eigenvalue weighted by Crippen LogP contribution is -2.68. The second-order valence-electron chi connectivity index (χ2n) is 12.6. The molecular formula is C27H50FN7O14. The predicted molar refractivity (Wildman–Crippen MR) is 160 cm³/mol. The first kappa shape index (κ1) is 40.1. The van der Waals surface area contributed by atoms with Crippen molar-refractivity contribution in [1.82, 2.24) is 5.32 Å². The van der Waals surface area contributed by atoms with Gasteiger partial charge in [0.05, 0.1) is 36.9 Å². The van der Waals surface area contributed by atoms with Crippen molar-refractivity contribution in [2.75, 3.05) is 26.2 Å². The SMILES string of the molecule is NC[C@@H]1C[C@@H](O)[C@@H](N)[C@@H](O[C@H]2[C@H](O[C@@H]3O[C@H](CO)[C@@H](O[C@H]4O[C@@H](CN)[C@@H](O)[C@H](O)[C@H]4N)C3=O)[C@@H](O)[C@H](NC(=O)C(O)[C@@H](F)CN)C[C@@H]2N)O1. The molecule has 49 heavy (non-hydrogen) atoms. The number of ether oxygens (including phenoxy) is 6. The van der Waals surface area contributed by atoms with Gasteiger partial charge in [-0.3, -0.25) is 9.59 Å². The maximum atomic E-state index is 14.0. The van der Waals surface area contributed by atoms with Gasteiger partial charge in [-0.05, 0) is 6.42 Å². The van der Waals surface area contributed by atoms with Crippen LogP contribution in [0.4, 0.5) is 4.39 Å². The molecule has 21 nitrogen and oxygen atoms in total. The van der Waals surface area contributed by atoms with Crippen LogP contribution in [0.5, 0.6) is 0 Å². The molecular weight excluding hydrogens is 665 g/mol. The van der Waals surface area contributed by atoms with Gasteiger partial charge in [0.25, 0.3) is 5.91 Å². The summed E-state index contributed by atoms with van der Waals surface area (Å²) in [6, 6.07) is -4.88. The summed E-state index contributed by atoms with van der Waals surface area (Å²) in [4.78, 5) is 26.2. The molecule has 0 bridgehead atoms. The minimum atomic E-state index is -2.18. The van der Waals surface area contributed by atoms with E-state index in [-0.39, 0.29) is 25.9 Å². The normalized spacial score (nSPS) is 46.0. The molecule has 284 valence electrons. The fourth-order valence-electron chi connectivity index (χ4n) is 6.21. The number of ketones is 1. The third kappa shape index (κ3) is 8.70. The molecule has 4 fully saturated rings. The maximum Gasteiger partial charge on any atom is 0.252 e. The lowest BCUT2D eigenvalue weighted by Gasteiger charge is -2.47. The molecule has 0 spiro atoms. The van der Waals surface area contributed by atoms with Gasteiger partial charge in [0.1, 0.15) is 48.9 Å². The van der Waals surface area contributed by atoms with Crippen LogP contribution >= 0.6 is 0 Å². The summed E-state index contributed by atoms with van der Waals surface area (Å²) >= 11 is 0. The van der Waals surface area contributed by atoms with Crippen molar-refractivity contribution in [3.8, 4) is 0 Å². The van der Waals surface area contributed by atoms with Gasteiger partial charge in [0, 0.05) is 32.1 Å². The lowest BCUT2D eigenvalue weighted by atomic mass is 9.83. The minimum absolute atomic E-state index is 0.00243. The molecule has 3 heterocycles. The van der Waals surface area contributed by atoms with Crippen molar-refractivity contribution in [3.05, 3.63) is 0 Å². The van der Waals surface area contributed by atoms with Gasteiger partial charge >= 0.3 is 0 Å². The van der Waals surface area contributed by atoms with Crippen LogP contribution in [-0.2, 0) is 38.0 Å². The molecule has 1 amide bonds. The Bertz CT molecular complexity index is 1110. The standard InChI is InChI=1S/C27H50FN7O14/c28-8(4-30)16(38)24(43)35-10-2-9(32)21(47-25-14(33)11(37)1-7(3-29)44-25)23(17(10)39)49-27-20(42)22(13(6-36)46-27)48-26-15(34)19(41)18(40)12(5-31)45-26/h7-19,21-23,25-27,36-41H,1-6,29-34H2,(H,35,43)/t7-,8-,9-,10+,11+,12-,13+,14+,15+,16?,17-,18+,19+,21+,22+,23+,25+,26+,27-/m0/s1. The number of nitrogens with one attached hydrogen (secondary N) is 1. The number of aliphatic hydroxyl groups excluding tert-OH is 6. The van der Waals surface area contributed by atoms with E-state index in [2.05, 4.69) is 5.32 Å². The van der Waals surface area contributed by atoms with Gasteiger partial charge in [0.15, 0.2) is 24.8 Å². The van der Waals surface area contributed by atoms with Crippen LogP contribution in [0, 0.1) is 0 Å². The number of nitrogens with two attached hydrogens (primary N) is 6. The highest BCUT2D eigenvalue weighted by atomic mass is 19.1. The molecule has 1 saturated carbocycles. The predicted octanol–water partition coefficient (Wildman–Crippen LogP) is -8.84. The zero-order chi connectivity index (χ0) is 36.3. The minimum Gasteiger partial charge on any atom is -0.394 e. The number of carbonyl (C=O) groups is 2. The molecule has 3 aliphatic heterocycles. The van der Waals surface area contributed by atoms with E-state index >= 15 is 0 Å². The number of hydrogen-bond acceptors (Lipinski definition) is 20. The first-order valence-electron chi connectivity index (χ1n) is 16.0. The second kappa shape index (κ2) is 17.2. The van der Waals surface area contributed by atoms with Crippen molar-refractivity contribution in [2.45, 2.75) is 129 Å². The third-order valence-corrected chi connectivity index (χ3v) is 9.20. The lowest BCUT2D eigenvalue weighted by molar-refractivity contribution is -0.287. The average molecular weight is 716 g/mol. The third-order valence-electron chi connectivity index (χ3n) is 9.20. The van der Waals surface area contributed by atoms with Crippen molar-refractivity contribution in [1.29, 1.82) is 0 Å². The number of rotatable bonds is 13. The van der Waals surface area contributed by atoms with Crippen LogP contribution in [0.15, 0.2) is 0 Å². The summed E-state index contributed by atoms with van der Waals surface area (Å²) in [6.07, 6.45) is -22.8. The van der Waals surface area contributed by atoms with Crippen molar-refractivity contribution < 1.29 is 73.0 Å². The summed E-state index contributed by atoms with van der Waals surface area (Å²) in [6.45, 7) is -1.69. The van der Waals surface area contributed by atoms with Crippen LogP contribution < -0.4 is 39.7 Å². The Labute approximate surface area is 280 Å². The molecule has 1 aliphatic carbocycles. The van der Waals surface area contributed by atoms with Gasteiger partial charge in [-0.25, -0.2) is 4.39 Å². The van der Waals surface area contributed by atoms with E-state index in [0.717, 1.165) is 0 Å². The average Bonchev–Trinajstić information content (AvgIpc) is 3.38. The highest BCUT2D eigenvalue weighted by molar-refractivity contribution is 5.88. The smallest absolute Gasteiger partial charge is 0.252 e. The molecule has 0 aromatic heterocycles. The molecule has 3 saturated heterocycles. The molecule has 0 radical (unpaired) electrons. The molecule has 19 atom stereocenters. The van der Waals surface area contributed by atoms with E-state index in [1.807, 2.05) is 0 Å². The van der Waals surface area contributed by atoms with E-state index in [9.17, 15) is 44.6 Å². The van der Waals surface area contributed by atoms with Gasteiger partial charge < -0.3 is 98.8 Å². The fourth-order valence-corrected chi connectivity index (χ4v) is 6.21. The number of hydrogen-bond donors (Lipinski definition) is 13. The quantitative estimate of drug-likeness (QED) is 0.0841. The highest BCUT2D eigenvalue weighted by Gasteiger charge is 2.54. The van der Waals surface area contributed by atoms with E-state index < -0.39 is 141 Å². The molecule has 4 rings (SSSR count). The summed E-state index contributed by atoms with van der Waals surface area (Å²) in [5.74, 6) is -2.15. The summed E-state index contributed by atoms with van der Waals surface area (Å²) in [5, 5.41) is 64.8. The van der Waals surface area contributed by atoms with Crippen LogP contribution in [0.3, 0.4) is 0 Å². The monoisotopic (exact) mass is 715 g/mol. The molecule has 1 unspecified atom stereocenters. The van der Waals surface area contributed by atoms with Crippen LogP contribution in [0.1, 0.15) is 12.8 Å². The Morgan fingerprint density at radius 2 is 1.55 bits per heavy atom. The molecule has 19 N–H and O–H groups in total. The Morgan fingerprint density at radius 1 is 0.878 bits per heavy atom. The Hall–Kier alpha value is -1.65. The van der Waals surface area contributed by atoms with Crippen molar-refractivity contribution >= 4 is 11.7 Å². The Kier molecular flexibility index (Phi) is 14.1. The topological polar surface area (TPSA) is 379 Å². The molecule has 22 heteroatoms. The maximum absolute atomic E-state index is 14.0. The largest absolute Gasteiger partial charge is 0.394 e. The molecule has 0 aromatic rings. The number of amides is 1.